The van der Waals surface area contributed by atoms with E-state index in [9.17, 15) is 14.4 Å². The van der Waals surface area contributed by atoms with E-state index >= 15 is 0 Å². The van der Waals surface area contributed by atoms with Gasteiger partial charge in [-0.15, -0.1) is 0 Å². The topological polar surface area (TPSA) is 69.7 Å². The van der Waals surface area contributed by atoms with Crippen LogP contribution in [0.2, 0.25) is 0 Å². The monoisotopic (exact) mass is 362 g/mol. The Morgan fingerprint density at radius 3 is 1.88 bits per heavy atom. The van der Waals surface area contributed by atoms with Crippen LogP contribution in [-0.2, 0) is 29.3 Å². The second-order valence-corrected chi connectivity index (χ2v) is 6.93. The first-order valence-electron chi connectivity index (χ1n) is 9.21. The van der Waals surface area contributed by atoms with Gasteiger partial charge < -0.3 is 9.47 Å². The molecule has 1 aromatic carbocycles. The molecule has 5 heteroatoms. The minimum absolute atomic E-state index is 0.0933. The third kappa shape index (κ3) is 5.41. The minimum Gasteiger partial charge on any atom is -0.465 e. The Morgan fingerprint density at radius 2 is 1.46 bits per heavy atom. The quantitative estimate of drug-likeness (QED) is 0.469. The van der Waals surface area contributed by atoms with Crippen LogP contribution in [0, 0.1) is 11.8 Å². The molecule has 5 nitrogen and oxygen atoms in total. The molecule has 1 atom stereocenters. The highest BCUT2D eigenvalue weighted by Crippen LogP contribution is 2.34. The molecule has 0 fully saturated rings. The summed E-state index contributed by atoms with van der Waals surface area (Å²) in [6, 6.07) is 9.27. The molecule has 0 saturated carbocycles. The fourth-order valence-corrected chi connectivity index (χ4v) is 2.87. The van der Waals surface area contributed by atoms with Crippen LogP contribution >= 0.6 is 0 Å². The van der Waals surface area contributed by atoms with Gasteiger partial charge in [-0.25, -0.2) is 0 Å². The van der Waals surface area contributed by atoms with E-state index in [-0.39, 0.29) is 13.2 Å². The minimum atomic E-state index is -1.56. The second-order valence-electron chi connectivity index (χ2n) is 6.93. The Labute approximate surface area is 156 Å². The largest absolute Gasteiger partial charge is 0.465 e. The summed E-state index contributed by atoms with van der Waals surface area (Å²) >= 11 is 0. The van der Waals surface area contributed by atoms with Crippen LogP contribution in [-0.4, -0.2) is 30.9 Å². The van der Waals surface area contributed by atoms with E-state index in [1.165, 1.54) is 0 Å². The van der Waals surface area contributed by atoms with Crippen molar-refractivity contribution in [3.05, 3.63) is 35.9 Å². The Balaban J connectivity index is 3.33. The summed E-state index contributed by atoms with van der Waals surface area (Å²) in [6.07, 6.45) is 1.32. The van der Waals surface area contributed by atoms with Gasteiger partial charge in [-0.05, 0) is 45.1 Å². The molecule has 0 heterocycles. The number of carbonyl (C=O) groups excluding carboxylic acids is 3. The maximum atomic E-state index is 13.4. The molecule has 1 aromatic rings. The summed E-state index contributed by atoms with van der Waals surface area (Å²) in [5.41, 5.74) is -0.195. The summed E-state index contributed by atoms with van der Waals surface area (Å²) in [4.78, 5) is 38.2. The van der Waals surface area contributed by atoms with Crippen LogP contribution in [0.4, 0.5) is 0 Å². The van der Waals surface area contributed by atoms with Crippen molar-refractivity contribution in [3.63, 3.8) is 0 Å². The zero-order chi connectivity index (χ0) is 19.7. The Hall–Kier alpha value is -2.17. The highest BCUT2D eigenvalue weighted by Gasteiger charge is 2.47. The third-order valence-electron chi connectivity index (χ3n) is 4.48. The number of Topliss-reactive ketones (excluding diaryl/α,β-unsaturated/α-hetero) is 1. The van der Waals surface area contributed by atoms with Crippen molar-refractivity contribution in [2.24, 2.45) is 11.8 Å². The highest BCUT2D eigenvalue weighted by molar-refractivity contribution is 6.18. The Bertz CT molecular complexity index is 590. The van der Waals surface area contributed by atoms with E-state index < -0.39 is 29.1 Å². The first-order chi connectivity index (χ1) is 12.3. The smallest absolute Gasteiger partial charge is 0.328 e. The van der Waals surface area contributed by atoms with Gasteiger partial charge in [0.05, 0.1) is 18.6 Å². The molecule has 1 rings (SSSR count). The van der Waals surface area contributed by atoms with Crippen LogP contribution in [0.3, 0.4) is 0 Å². The lowest BCUT2D eigenvalue weighted by atomic mass is 9.70. The molecule has 26 heavy (non-hydrogen) atoms. The standard InChI is InChI=1S/C21H30O5/c1-6-25-19(23)17(20(24)26-7-2)18(22)21(5,14-13-15(3)4)16-11-9-8-10-12-16/h8-12,15,17H,6-7,13-14H2,1-5H3. The zero-order valence-corrected chi connectivity index (χ0v) is 16.4. The molecule has 0 aliphatic carbocycles. The highest BCUT2D eigenvalue weighted by atomic mass is 16.6. The molecular formula is C21H30O5. The van der Waals surface area contributed by atoms with Crippen molar-refractivity contribution in [3.8, 4) is 0 Å². The van der Waals surface area contributed by atoms with Gasteiger partial charge in [-0.3, -0.25) is 14.4 Å². The molecule has 0 N–H and O–H groups in total. The fourth-order valence-electron chi connectivity index (χ4n) is 2.87. The van der Waals surface area contributed by atoms with Crippen LogP contribution in [0.1, 0.15) is 53.0 Å². The SMILES string of the molecule is CCOC(=O)C(C(=O)OCC)C(=O)C(C)(CCC(C)C)c1ccccc1. The summed E-state index contributed by atoms with van der Waals surface area (Å²) in [5.74, 6) is -3.34. The van der Waals surface area contributed by atoms with Gasteiger partial charge >= 0.3 is 11.9 Å². The molecule has 0 aliphatic rings. The van der Waals surface area contributed by atoms with Crippen molar-refractivity contribution in [2.75, 3.05) is 13.2 Å². The average molecular weight is 362 g/mol. The molecule has 0 bridgehead atoms. The van der Waals surface area contributed by atoms with Gasteiger partial charge in [0.1, 0.15) is 0 Å². The first kappa shape index (κ1) is 21.9. The summed E-state index contributed by atoms with van der Waals surface area (Å²) in [5, 5.41) is 0. The maximum Gasteiger partial charge on any atom is 0.328 e. The van der Waals surface area contributed by atoms with E-state index in [0.29, 0.717) is 12.3 Å². The number of ketones is 1. The predicted octanol–water partition coefficient (Wildman–Crippen LogP) is 3.69. The van der Waals surface area contributed by atoms with Crippen molar-refractivity contribution in [1.29, 1.82) is 0 Å². The molecule has 0 aliphatic heterocycles. The second kappa shape index (κ2) is 10.1. The molecular weight excluding hydrogens is 332 g/mol. The molecule has 0 saturated heterocycles. The van der Waals surface area contributed by atoms with Crippen molar-refractivity contribution >= 4 is 17.7 Å². The lowest BCUT2D eigenvalue weighted by Crippen LogP contribution is -2.45. The summed E-state index contributed by atoms with van der Waals surface area (Å²) in [7, 11) is 0. The maximum absolute atomic E-state index is 13.4. The predicted molar refractivity (Wildman–Crippen MR) is 99.6 cm³/mol. The van der Waals surface area contributed by atoms with E-state index in [4.69, 9.17) is 9.47 Å². The number of hydrogen-bond donors (Lipinski definition) is 0. The lowest BCUT2D eigenvalue weighted by molar-refractivity contribution is -0.165. The van der Waals surface area contributed by atoms with Crippen LogP contribution < -0.4 is 0 Å². The van der Waals surface area contributed by atoms with E-state index in [2.05, 4.69) is 13.8 Å². The molecule has 0 aromatic heterocycles. The number of esters is 2. The zero-order valence-electron chi connectivity index (χ0n) is 16.4. The third-order valence-corrected chi connectivity index (χ3v) is 4.48. The number of hydrogen-bond acceptors (Lipinski definition) is 5. The normalized spacial score (nSPS) is 13.3. The molecule has 0 radical (unpaired) electrons. The lowest BCUT2D eigenvalue weighted by Gasteiger charge is -2.31. The van der Waals surface area contributed by atoms with Crippen LogP contribution in [0.5, 0.6) is 0 Å². The number of rotatable bonds is 10. The van der Waals surface area contributed by atoms with Crippen molar-refractivity contribution < 1.29 is 23.9 Å². The number of carbonyl (C=O) groups is 3. The van der Waals surface area contributed by atoms with E-state index in [0.717, 1.165) is 12.0 Å². The number of ether oxygens (including phenoxy) is 2. The van der Waals surface area contributed by atoms with Gasteiger partial charge in [-0.2, -0.15) is 0 Å². The van der Waals surface area contributed by atoms with Crippen molar-refractivity contribution in [1.82, 2.24) is 0 Å². The molecule has 0 amide bonds. The van der Waals surface area contributed by atoms with Crippen molar-refractivity contribution in [2.45, 2.75) is 52.9 Å². The summed E-state index contributed by atoms with van der Waals surface area (Å²) < 4.78 is 9.98. The van der Waals surface area contributed by atoms with E-state index in [1.54, 1.807) is 20.8 Å². The van der Waals surface area contributed by atoms with Gasteiger partial charge in [0.15, 0.2) is 5.78 Å². The van der Waals surface area contributed by atoms with Crippen LogP contribution in [0.15, 0.2) is 30.3 Å². The van der Waals surface area contributed by atoms with E-state index in [1.807, 2.05) is 30.3 Å². The molecule has 1 unspecified atom stereocenters. The van der Waals surface area contributed by atoms with Gasteiger partial charge in [0.25, 0.3) is 0 Å². The average Bonchev–Trinajstić information content (AvgIpc) is 2.61. The van der Waals surface area contributed by atoms with Gasteiger partial charge in [-0.1, -0.05) is 44.2 Å². The molecule has 144 valence electrons. The Kier molecular flexibility index (Phi) is 8.49. The number of benzene rings is 1. The van der Waals surface area contributed by atoms with Crippen LogP contribution in [0.25, 0.3) is 0 Å². The molecule has 0 spiro atoms. The summed E-state index contributed by atoms with van der Waals surface area (Å²) in [6.45, 7) is 9.40. The Morgan fingerprint density at radius 1 is 0.962 bits per heavy atom. The van der Waals surface area contributed by atoms with Gasteiger partial charge in [0, 0.05) is 0 Å². The first-order valence-corrected chi connectivity index (χ1v) is 9.21. The fraction of sp³-hybridized carbons (Fsp3) is 0.571. The van der Waals surface area contributed by atoms with Gasteiger partial charge in [0.2, 0.25) is 5.92 Å².